The summed E-state index contributed by atoms with van der Waals surface area (Å²) in [6.07, 6.45) is -0.467. The second kappa shape index (κ2) is 6.07. The molecule has 0 amide bonds. The van der Waals surface area contributed by atoms with E-state index in [2.05, 4.69) is 0 Å². The van der Waals surface area contributed by atoms with Crippen LogP contribution in [0.2, 0.25) is 0 Å². The van der Waals surface area contributed by atoms with E-state index >= 15 is 0 Å². The Morgan fingerprint density at radius 3 is 2.06 bits per heavy atom. The van der Waals surface area contributed by atoms with E-state index in [1.54, 1.807) is 6.92 Å². The molecular weight excluding hydrogens is 228 g/mol. The number of rotatable bonds is 5. The highest BCUT2D eigenvalue weighted by Gasteiger charge is 2.00. The number of aliphatic hydroxyl groups is 1. The first-order valence-electron chi connectivity index (χ1n) is 5.88. The van der Waals surface area contributed by atoms with E-state index < -0.39 is 6.10 Å². The third-order valence-electron chi connectivity index (χ3n) is 2.29. The molecule has 0 aliphatic rings. The van der Waals surface area contributed by atoms with Crippen LogP contribution in [0.4, 0.5) is 0 Å². The van der Waals surface area contributed by atoms with Crippen molar-refractivity contribution in [3.05, 3.63) is 54.6 Å². The van der Waals surface area contributed by atoms with Crippen molar-refractivity contribution < 1.29 is 14.6 Å². The number of hydrogen-bond acceptors (Lipinski definition) is 3. The van der Waals surface area contributed by atoms with Crippen molar-refractivity contribution in [1.82, 2.24) is 0 Å². The van der Waals surface area contributed by atoms with Gasteiger partial charge >= 0.3 is 0 Å². The largest absolute Gasteiger partial charge is 0.491 e. The third-order valence-corrected chi connectivity index (χ3v) is 2.29. The van der Waals surface area contributed by atoms with Crippen LogP contribution in [0.3, 0.4) is 0 Å². The van der Waals surface area contributed by atoms with E-state index in [4.69, 9.17) is 14.6 Å². The molecule has 1 N–H and O–H groups in total. The lowest BCUT2D eigenvalue weighted by molar-refractivity contribution is 0.122. The van der Waals surface area contributed by atoms with Crippen molar-refractivity contribution in [1.29, 1.82) is 0 Å². The van der Waals surface area contributed by atoms with Gasteiger partial charge in [-0.25, -0.2) is 0 Å². The summed E-state index contributed by atoms with van der Waals surface area (Å²) in [6, 6.07) is 16.9. The molecule has 0 spiro atoms. The zero-order valence-corrected chi connectivity index (χ0v) is 10.2. The maximum Gasteiger partial charge on any atom is 0.127 e. The predicted molar refractivity (Wildman–Crippen MR) is 70.1 cm³/mol. The summed E-state index contributed by atoms with van der Waals surface area (Å²) in [4.78, 5) is 0. The quantitative estimate of drug-likeness (QED) is 0.877. The highest BCUT2D eigenvalue weighted by molar-refractivity contribution is 5.35. The van der Waals surface area contributed by atoms with Gasteiger partial charge in [-0.05, 0) is 43.3 Å². The van der Waals surface area contributed by atoms with Gasteiger partial charge in [0.15, 0.2) is 0 Å². The van der Waals surface area contributed by atoms with E-state index in [1.165, 1.54) is 0 Å². The maximum absolute atomic E-state index is 9.11. The summed E-state index contributed by atoms with van der Waals surface area (Å²) >= 11 is 0. The van der Waals surface area contributed by atoms with Gasteiger partial charge in [0.25, 0.3) is 0 Å². The Kier molecular flexibility index (Phi) is 4.20. The average molecular weight is 244 g/mol. The molecule has 2 aromatic carbocycles. The molecular formula is C15H16O3. The Morgan fingerprint density at radius 1 is 0.889 bits per heavy atom. The Bertz CT molecular complexity index is 463. The zero-order valence-electron chi connectivity index (χ0n) is 10.2. The fourth-order valence-electron chi connectivity index (χ4n) is 1.45. The fraction of sp³-hybridized carbons (Fsp3) is 0.200. The summed E-state index contributed by atoms with van der Waals surface area (Å²) in [6.45, 7) is 1.98. The highest BCUT2D eigenvalue weighted by atomic mass is 16.5. The van der Waals surface area contributed by atoms with E-state index in [0.29, 0.717) is 6.61 Å². The van der Waals surface area contributed by atoms with E-state index in [1.807, 2.05) is 54.6 Å². The monoisotopic (exact) mass is 244 g/mol. The van der Waals surface area contributed by atoms with Gasteiger partial charge in [0.05, 0.1) is 6.10 Å². The second-order valence-electron chi connectivity index (χ2n) is 4.05. The topological polar surface area (TPSA) is 38.7 Å². The van der Waals surface area contributed by atoms with Crippen LogP contribution in [0, 0.1) is 0 Å². The zero-order chi connectivity index (χ0) is 12.8. The number of ether oxygens (including phenoxy) is 2. The Hall–Kier alpha value is -2.00. The molecule has 0 aliphatic heterocycles. The van der Waals surface area contributed by atoms with Crippen molar-refractivity contribution in [3.8, 4) is 17.2 Å². The average Bonchev–Trinajstić information content (AvgIpc) is 2.39. The molecule has 3 heteroatoms. The van der Waals surface area contributed by atoms with Gasteiger partial charge in [0.1, 0.15) is 23.9 Å². The molecule has 0 unspecified atom stereocenters. The van der Waals surface area contributed by atoms with Crippen molar-refractivity contribution in [2.24, 2.45) is 0 Å². The summed E-state index contributed by atoms with van der Waals surface area (Å²) in [5, 5.41) is 9.11. The number of para-hydroxylation sites is 1. The second-order valence-corrected chi connectivity index (χ2v) is 4.05. The Labute approximate surface area is 107 Å². The third kappa shape index (κ3) is 3.79. The van der Waals surface area contributed by atoms with Gasteiger partial charge in [0.2, 0.25) is 0 Å². The van der Waals surface area contributed by atoms with Crippen LogP contribution in [0.5, 0.6) is 17.2 Å². The molecule has 0 bridgehead atoms. The minimum absolute atomic E-state index is 0.291. The van der Waals surface area contributed by atoms with Gasteiger partial charge in [-0.3, -0.25) is 0 Å². The van der Waals surface area contributed by atoms with Crippen LogP contribution >= 0.6 is 0 Å². The molecule has 0 radical (unpaired) electrons. The van der Waals surface area contributed by atoms with Gasteiger partial charge in [-0.1, -0.05) is 18.2 Å². The first-order valence-corrected chi connectivity index (χ1v) is 5.88. The van der Waals surface area contributed by atoms with Crippen molar-refractivity contribution in [2.75, 3.05) is 6.61 Å². The molecule has 2 aromatic rings. The van der Waals surface area contributed by atoms with Crippen LogP contribution in [0.1, 0.15) is 6.92 Å². The van der Waals surface area contributed by atoms with Crippen LogP contribution in [0.15, 0.2) is 54.6 Å². The standard InChI is InChI=1S/C15H16O3/c1-12(16)11-17-13-7-9-15(10-8-13)18-14-5-3-2-4-6-14/h2-10,12,16H,11H2,1H3/t12-/m1/s1. The number of hydrogen-bond donors (Lipinski definition) is 1. The van der Waals surface area contributed by atoms with Crippen LogP contribution in [-0.4, -0.2) is 17.8 Å². The van der Waals surface area contributed by atoms with E-state index in [9.17, 15) is 0 Å². The summed E-state index contributed by atoms with van der Waals surface area (Å²) in [5.41, 5.74) is 0. The van der Waals surface area contributed by atoms with Gasteiger partial charge in [-0.15, -0.1) is 0 Å². The van der Waals surface area contributed by atoms with Crippen LogP contribution in [0.25, 0.3) is 0 Å². The van der Waals surface area contributed by atoms with Crippen molar-refractivity contribution >= 4 is 0 Å². The first-order chi connectivity index (χ1) is 8.74. The molecule has 0 fully saturated rings. The SMILES string of the molecule is C[C@@H](O)COc1ccc(Oc2ccccc2)cc1. The summed E-state index contributed by atoms with van der Waals surface area (Å²) in [5.74, 6) is 2.28. The normalized spacial score (nSPS) is 11.9. The molecule has 18 heavy (non-hydrogen) atoms. The van der Waals surface area contributed by atoms with Gasteiger partial charge in [-0.2, -0.15) is 0 Å². The lowest BCUT2D eigenvalue weighted by Crippen LogP contribution is -2.12. The van der Waals surface area contributed by atoms with Crippen LogP contribution < -0.4 is 9.47 Å². The van der Waals surface area contributed by atoms with Crippen LogP contribution in [-0.2, 0) is 0 Å². The molecule has 0 saturated heterocycles. The highest BCUT2D eigenvalue weighted by Crippen LogP contribution is 2.23. The first kappa shape index (κ1) is 12.5. The smallest absolute Gasteiger partial charge is 0.127 e. The molecule has 94 valence electrons. The summed E-state index contributed by atoms with van der Waals surface area (Å²) < 4.78 is 11.0. The maximum atomic E-state index is 9.11. The molecule has 0 heterocycles. The molecule has 3 nitrogen and oxygen atoms in total. The molecule has 2 rings (SSSR count). The minimum atomic E-state index is -0.467. The fourth-order valence-corrected chi connectivity index (χ4v) is 1.45. The van der Waals surface area contributed by atoms with Crippen molar-refractivity contribution in [2.45, 2.75) is 13.0 Å². The molecule has 0 saturated carbocycles. The van der Waals surface area contributed by atoms with Crippen molar-refractivity contribution in [3.63, 3.8) is 0 Å². The molecule has 0 aliphatic carbocycles. The van der Waals surface area contributed by atoms with Gasteiger partial charge < -0.3 is 14.6 Å². The summed E-state index contributed by atoms with van der Waals surface area (Å²) in [7, 11) is 0. The lowest BCUT2D eigenvalue weighted by atomic mass is 10.3. The Morgan fingerprint density at radius 2 is 1.44 bits per heavy atom. The lowest BCUT2D eigenvalue weighted by Gasteiger charge is -2.09. The van der Waals surface area contributed by atoms with E-state index in [0.717, 1.165) is 17.2 Å². The molecule has 1 atom stereocenters. The van der Waals surface area contributed by atoms with E-state index in [-0.39, 0.29) is 0 Å². The molecule has 0 aromatic heterocycles. The Balaban J connectivity index is 1.95. The predicted octanol–water partition coefficient (Wildman–Crippen LogP) is 3.24. The number of aliphatic hydroxyl groups excluding tert-OH is 1. The van der Waals surface area contributed by atoms with Gasteiger partial charge in [0, 0.05) is 0 Å². The number of benzene rings is 2. The minimum Gasteiger partial charge on any atom is -0.491 e.